The lowest BCUT2D eigenvalue weighted by molar-refractivity contribution is 0.102. The minimum atomic E-state index is -0.156. The number of nitrogens with one attached hydrogen (secondary N) is 1. The Balaban J connectivity index is 1.95. The van der Waals surface area contributed by atoms with Gasteiger partial charge < -0.3 is 9.88 Å². The average molecular weight is 330 g/mol. The molecule has 0 aliphatic carbocycles. The smallest absolute Gasteiger partial charge is 0.258 e. The van der Waals surface area contributed by atoms with Crippen LogP contribution in [0.4, 0.5) is 5.82 Å². The van der Waals surface area contributed by atoms with Crippen molar-refractivity contribution in [2.45, 2.75) is 0 Å². The standard InChI is InChI=1S/C15H12BrN3O/c1-19-9-12(11-4-2-3-5-13(11)19)15(20)18-14-7-6-10(16)8-17-14/h2-9H,1H3,(H,17,18,20). The number of pyridine rings is 1. The van der Waals surface area contributed by atoms with Crippen molar-refractivity contribution in [3.05, 3.63) is 58.8 Å². The van der Waals surface area contributed by atoms with E-state index in [2.05, 4.69) is 26.2 Å². The van der Waals surface area contributed by atoms with E-state index >= 15 is 0 Å². The van der Waals surface area contributed by atoms with Crippen LogP contribution >= 0.6 is 15.9 Å². The number of amides is 1. The van der Waals surface area contributed by atoms with Crippen LogP contribution in [0.5, 0.6) is 0 Å². The van der Waals surface area contributed by atoms with Crippen molar-refractivity contribution in [2.24, 2.45) is 7.05 Å². The quantitative estimate of drug-likeness (QED) is 0.781. The molecule has 0 saturated heterocycles. The van der Waals surface area contributed by atoms with E-state index in [1.165, 1.54) is 0 Å². The van der Waals surface area contributed by atoms with Crippen LogP contribution in [-0.2, 0) is 7.05 Å². The van der Waals surface area contributed by atoms with E-state index in [0.717, 1.165) is 15.4 Å². The molecule has 20 heavy (non-hydrogen) atoms. The Kier molecular flexibility index (Phi) is 3.28. The zero-order valence-electron chi connectivity index (χ0n) is 10.8. The Morgan fingerprint density at radius 2 is 2.05 bits per heavy atom. The van der Waals surface area contributed by atoms with E-state index in [4.69, 9.17) is 0 Å². The number of carbonyl (C=O) groups excluding carboxylic acids is 1. The summed E-state index contributed by atoms with van der Waals surface area (Å²) in [5.74, 6) is 0.378. The first kappa shape index (κ1) is 12.9. The predicted molar refractivity (Wildman–Crippen MR) is 82.8 cm³/mol. The topological polar surface area (TPSA) is 46.9 Å². The first-order chi connectivity index (χ1) is 9.65. The summed E-state index contributed by atoms with van der Waals surface area (Å²) >= 11 is 3.31. The van der Waals surface area contributed by atoms with Crippen molar-refractivity contribution in [3.8, 4) is 0 Å². The second-order valence-corrected chi connectivity index (χ2v) is 5.40. The SMILES string of the molecule is Cn1cc(C(=O)Nc2ccc(Br)cn2)c2ccccc21. The van der Waals surface area contributed by atoms with Crippen LogP contribution in [0, 0.1) is 0 Å². The number of rotatable bonds is 2. The maximum absolute atomic E-state index is 12.4. The Morgan fingerprint density at radius 1 is 1.25 bits per heavy atom. The first-order valence-corrected chi connectivity index (χ1v) is 6.91. The number of hydrogen-bond acceptors (Lipinski definition) is 2. The Hall–Kier alpha value is -2.14. The van der Waals surface area contributed by atoms with E-state index < -0.39 is 0 Å². The highest BCUT2D eigenvalue weighted by molar-refractivity contribution is 9.10. The summed E-state index contributed by atoms with van der Waals surface area (Å²) in [6.45, 7) is 0. The molecule has 3 rings (SSSR count). The molecule has 3 aromatic rings. The summed E-state index contributed by atoms with van der Waals surface area (Å²) in [6, 6.07) is 11.4. The third-order valence-corrected chi connectivity index (χ3v) is 3.58. The minimum absolute atomic E-state index is 0.156. The maximum atomic E-state index is 12.4. The molecule has 4 nitrogen and oxygen atoms in total. The molecule has 100 valence electrons. The highest BCUT2D eigenvalue weighted by atomic mass is 79.9. The number of hydrogen-bond donors (Lipinski definition) is 1. The van der Waals surface area contributed by atoms with Crippen molar-refractivity contribution in [1.82, 2.24) is 9.55 Å². The van der Waals surface area contributed by atoms with Crippen LogP contribution in [0.1, 0.15) is 10.4 Å². The minimum Gasteiger partial charge on any atom is -0.350 e. The molecule has 0 bridgehead atoms. The lowest BCUT2D eigenvalue weighted by Crippen LogP contribution is -2.12. The molecule has 0 aliphatic heterocycles. The van der Waals surface area contributed by atoms with E-state index in [-0.39, 0.29) is 5.91 Å². The van der Waals surface area contributed by atoms with Crippen LogP contribution in [0.2, 0.25) is 0 Å². The lowest BCUT2D eigenvalue weighted by Gasteiger charge is -2.03. The predicted octanol–water partition coefficient (Wildman–Crippen LogP) is 3.59. The number of nitrogens with zero attached hydrogens (tertiary/aromatic N) is 2. The van der Waals surface area contributed by atoms with Crippen LogP contribution in [-0.4, -0.2) is 15.5 Å². The van der Waals surface area contributed by atoms with Gasteiger partial charge in [0.25, 0.3) is 5.91 Å². The third-order valence-electron chi connectivity index (χ3n) is 3.11. The van der Waals surface area contributed by atoms with Gasteiger partial charge in [0.1, 0.15) is 5.82 Å². The maximum Gasteiger partial charge on any atom is 0.258 e. The van der Waals surface area contributed by atoms with Gasteiger partial charge >= 0.3 is 0 Å². The molecule has 0 radical (unpaired) electrons. The number of carbonyl (C=O) groups is 1. The van der Waals surface area contributed by atoms with Crippen LogP contribution in [0.3, 0.4) is 0 Å². The van der Waals surface area contributed by atoms with Gasteiger partial charge in [-0.15, -0.1) is 0 Å². The van der Waals surface area contributed by atoms with Gasteiger partial charge in [0.2, 0.25) is 0 Å². The summed E-state index contributed by atoms with van der Waals surface area (Å²) in [6.07, 6.45) is 3.48. The molecule has 2 aromatic heterocycles. The van der Waals surface area contributed by atoms with Gasteiger partial charge in [-0.3, -0.25) is 4.79 Å². The van der Waals surface area contributed by atoms with Crippen molar-refractivity contribution in [2.75, 3.05) is 5.32 Å². The van der Waals surface area contributed by atoms with Crippen molar-refractivity contribution < 1.29 is 4.79 Å². The van der Waals surface area contributed by atoms with Gasteiger partial charge in [-0.05, 0) is 34.1 Å². The number of halogens is 1. The molecular weight excluding hydrogens is 318 g/mol. The molecule has 0 unspecified atom stereocenters. The van der Waals surface area contributed by atoms with Crippen LogP contribution < -0.4 is 5.32 Å². The molecule has 1 N–H and O–H groups in total. The monoisotopic (exact) mass is 329 g/mol. The van der Waals surface area contributed by atoms with Gasteiger partial charge in [0.05, 0.1) is 5.56 Å². The number of benzene rings is 1. The van der Waals surface area contributed by atoms with Gasteiger partial charge in [0.15, 0.2) is 0 Å². The van der Waals surface area contributed by atoms with E-state index in [0.29, 0.717) is 11.4 Å². The van der Waals surface area contributed by atoms with E-state index in [1.54, 1.807) is 12.3 Å². The lowest BCUT2D eigenvalue weighted by atomic mass is 10.1. The van der Waals surface area contributed by atoms with Gasteiger partial charge in [-0.2, -0.15) is 0 Å². The summed E-state index contributed by atoms with van der Waals surface area (Å²) in [4.78, 5) is 16.5. The number of aryl methyl sites for hydroxylation is 1. The van der Waals surface area contributed by atoms with Gasteiger partial charge in [-0.1, -0.05) is 18.2 Å². The highest BCUT2D eigenvalue weighted by Crippen LogP contribution is 2.21. The summed E-state index contributed by atoms with van der Waals surface area (Å²) in [5.41, 5.74) is 1.68. The fourth-order valence-electron chi connectivity index (χ4n) is 2.16. The molecule has 0 atom stereocenters. The summed E-state index contributed by atoms with van der Waals surface area (Å²) in [5, 5.41) is 3.74. The molecule has 5 heteroatoms. The fraction of sp³-hybridized carbons (Fsp3) is 0.0667. The molecular formula is C15H12BrN3O. The van der Waals surface area contributed by atoms with Crippen molar-refractivity contribution >= 4 is 38.6 Å². The Labute approximate surface area is 124 Å². The largest absolute Gasteiger partial charge is 0.350 e. The molecule has 2 heterocycles. The number of para-hydroxylation sites is 1. The average Bonchev–Trinajstić information content (AvgIpc) is 2.79. The van der Waals surface area contributed by atoms with Crippen molar-refractivity contribution in [1.29, 1.82) is 0 Å². The zero-order chi connectivity index (χ0) is 14.1. The molecule has 0 fully saturated rings. The Morgan fingerprint density at radius 3 is 2.80 bits per heavy atom. The second kappa shape index (κ2) is 5.09. The van der Waals surface area contributed by atoms with Gasteiger partial charge in [0, 0.05) is 34.8 Å². The fourth-order valence-corrected chi connectivity index (χ4v) is 2.39. The van der Waals surface area contributed by atoms with Gasteiger partial charge in [-0.25, -0.2) is 4.98 Å². The second-order valence-electron chi connectivity index (χ2n) is 4.49. The molecule has 0 spiro atoms. The zero-order valence-corrected chi connectivity index (χ0v) is 12.4. The van der Waals surface area contributed by atoms with E-state index in [9.17, 15) is 4.79 Å². The van der Waals surface area contributed by atoms with Crippen LogP contribution in [0.15, 0.2) is 53.3 Å². The number of fused-ring (bicyclic) bond motifs is 1. The third kappa shape index (κ3) is 2.32. The molecule has 1 amide bonds. The normalized spacial score (nSPS) is 10.7. The highest BCUT2D eigenvalue weighted by Gasteiger charge is 2.13. The first-order valence-electron chi connectivity index (χ1n) is 6.12. The Bertz CT molecular complexity index is 777. The summed E-state index contributed by atoms with van der Waals surface area (Å²) in [7, 11) is 1.93. The van der Waals surface area contributed by atoms with E-state index in [1.807, 2.05) is 48.1 Å². The molecule has 0 saturated carbocycles. The summed E-state index contributed by atoms with van der Waals surface area (Å²) < 4.78 is 2.82. The van der Waals surface area contributed by atoms with Crippen molar-refractivity contribution in [3.63, 3.8) is 0 Å². The molecule has 1 aromatic carbocycles. The number of anilines is 1. The van der Waals surface area contributed by atoms with Crippen LogP contribution in [0.25, 0.3) is 10.9 Å². The molecule has 0 aliphatic rings. The number of aromatic nitrogens is 2.